The van der Waals surface area contributed by atoms with Crippen LogP contribution >= 0.6 is 15.8 Å². The molecule has 0 radical (unpaired) electrons. The van der Waals surface area contributed by atoms with Crippen LogP contribution < -0.4 is 10.2 Å². The molecule has 0 amide bonds. The first-order valence-electron chi connectivity index (χ1n) is 16.8. The molecule has 0 aromatic heterocycles. The average molecular weight is 857 g/mol. The third-order valence-electron chi connectivity index (χ3n) is 9.70. The molecule has 0 aliphatic heterocycles. The van der Waals surface area contributed by atoms with Crippen molar-refractivity contribution in [3.63, 3.8) is 0 Å². The summed E-state index contributed by atoms with van der Waals surface area (Å²) in [4.78, 5) is 17.6. The van der Waals surface area contributed by atoms with Gasteiger partial charge >= 0.3 is 32.8 Å². The van der Waals surface area contributed by atoms with Crippen LogP contribution in [-0.2, 0) is 30.0 Å². The van der Waals surface area contributed by atoms with E-state index in [-0.39, 0.29) is 20.4 Å². The van der Waals surface area contributed by atoms with Crippen molar-refractivity contribution in [1.82, 2.24) is 0 Å². The quantitative estimate of drug-likeness (QED) is 0.175. The average Bonchev–Trinajstić information content (AvgIpc) is 2.92. The predicted octanol–water partition coefficient (Wildman–Crippen LogP) is 8.73. The number of halogens is 6. The summed E-state index contributed by atoms with van der Waals surface area (Å²) in [5, 5.41) is 19.1. The van der Waals surface area contributed by atoms with Gasteiger partial charge in [-0.1, -0.05) is 48.5 Å². The summed E-state index contributed by atoms with van der Waals surface area (Å²) in [5.74, 6) is -3.41. The zero-order chi connectivity index (χ0) is 39.0. The Balaban J connectivity index is 0.000000733. The fourth-order valence-corrected chi connectivity index (χ4v) is 17.4. The number of carbonyl (C=O) groups excluding carboxylic acids is 2. The molecule has 2 atom stereocenters. The molecule has 0 saturated heterocycles. The van der Waals surface area contributed by atoms with E-state index in [1.165, 1.54) is 12.3 Å². The van der Waals surface area contributed by atoms with E-state index in [1.54, 1.807) is 22.3 Å². The number of hydrogen-bond donors (Lipinski definition) is 0. The number of fused-ring (bicyclic) bond motifs is 1. The van der Waals surface area contributed by atoms with Gasteiger partial charge in [0.2, 0.25) is 0 Å². The van der Waals surface area contributed by atoms with E-state index >= 15 is 0 Å². The third kappa shape index (κ3) is 12.2. The number of carboxylic acid groups (broad SMARTS) is 2. The van der Waals surface area contributed by atoms with Crippen LogP contribution in [0.5, 0.6) is 0 Å². The van der Waals surface area contributed by atoms with Gasteiger partial charge in [0.25, 0.3) is 0 Å². The Kier molecular flexibility index (Phi) is 15.7. The summed E-state index contributed by atoms with van der Waals surface area (Å²) < 4.78 is 63.1. The zero-order valence-electron chi connectivity index (χ0n) is 31.6. The molecule has 0 N–H and O–H groups in total. The number of carbonyl (C=O) groups is 2. The second-order valence-electron chi connectivity index (χ2n) is 17.5. The Labute approximate surface area is 316 Å². The van der Waals surface area contributed by atoms with E-state index in [0.29, 0.717) is 32.5 Å². The van der Waals surface area contributed by atoms with E-state index in [1.807, 2.05) is 0 Å². The monoisotopic (exact) mass is 856 g/mol. The van der Waals surface area contributed by atoms with E-state index < -0.39 is 40.1 Å². The molecule has 0 unspecified atom stereocenters. The fourth-order valence-electron chi connectivity index (χ4n) is 8.39. The van der Waals surface area contributed by atoms with Crippen LogP contribution in [0.4, 0.5) is 26.3 Å². The van der Waals surface area contributed by atoms with Gasteiger partial charge in [-0.2, -0.15) is 26.3 Å². The van der Waals surface area contributed by atoms with Gasteiger partial charge in [-0.05, 0) is 105 Å². The van der Waals surface area contributed by atoms with Crippen molar-refractivity contribution in [1.29, 1.82) is 0 Å². The maximum absolute atomic E-state index is 10.5. The first kappa shape index (κ1) is 47.5. The molecule has 51 heavy (non-hydrogen) atoms. The van der Waals surface area contributed by atoms with Crippen LogP contribution in [0.1, 0.15) is 117 Å². The molecule has 2 bridgehead atoms. The third-order valence-corrected chi connectivity index (χ3v) is 18.7. The summed E-state index contributed by atoms with van der Waals surface area (Å²) in [7, 11) is -1.25. The first-order chi connectivity index (χ1) is 22.3. The largest absolute Gasteiger partial charge is 2.00 e. The van der Waals surface area contributed by atoms with Crippen LogP contribution in [0.25, 0.3) is 0 Å². The molecule has 0 fully saturated rings. The molecule has 13 heteroatoms. The van der Waals surface area contributed by atoms with Crippen molar-refractivity contribution < 1.29 is 66.6 Å². The van der Waals surface area contributed by atoms with E-state index in [9.17, 15) is 26.3 Å². The fraction of sp³-hybridized carbons (Fsp3) is 0.632. The van der Waals surface area contributed by atoms with Gasteiger partial charge in [0.05, 0.1) is 32.9 Å². The minimum atomic E-state index is -5.19. The molecule has 3 aliphatic rings. The molecule has 0 saturated carbocycles. The van der Waals surface area contributed by atoms with Gasteiger partial charge in [-0.25, -0.2) is 0 Å². The van der Waals surface area contributed by atoms with Crippen LogP contribution in [0, 0.1) is 11.8 Å². The van der Waals surface area contributed by atoms with Gasteiger partial charge < -0.3 is 19.8 Å². The number of aliphatic carboxylic acids is 2. The van der Waals surface area contributed by atoms with E-state index in [4.69, 9.17) is 19.8 Å². The SMILES string of the molecule is CC(C)(C)[PH+](C[C@@H]1C2c3ccccc3C(c3ccccc32)[C@H]1C[PH+](C(C)(C)C)C(C)(C)C)C(C)(C)C.O=C([O-])C(F)(F)F.O=C([O-])C(F)(F)F.[Pd+2]. The van der Waals surface area contributed by atoms with Gasteiger partial charge in [0, 0.05) is 39.5 Å². The van der Waals surface area contributed by atoms with Crippen molar-refractivity contribution in [3.8, 4) is 0 Å². The van der Waals surface area contributed by atoms with Crippen LogP contribution in [0.3, 0.4) is 0 Å². The van der Waals surface area contributed by atoms with E-state index in [0.717, 1.165) is 11.8 Å². The smallest absolute Gasteiger partial charge is 0.542 e. The standard InChI is InChI=1S/C34H52P2.2C2HF3O2.Pd/c1-31(2,3)35(32(4,5)6)21-27-28(22-36(33(7,8)9)34(10,11)12)30-25-19-15-13-17-23(25)29(27)24-18-14-16-20-26(24)30;2*3-2(4,5)1(6)7;/h13-20,27-30H,21-22H2,1-12H3;2*(H,6,7);/q;;;+2/t27-,28-,29?,30?;;;/m0.../s1. The predicted molar refractivity (Wildman–Crippen MR) is 191 cm³/mol. The van der Waals surface area contributed by atoms with Crippen LogP contribution in [0.15, 0.2) is 48.5 Å². The molecule has 290 valence electrons. The maximum Gasteiger partial charge on any atom is 2.00 e. The molecular formula is C38H54F6O4P2Pd+2. The second-order valence-corrected chi connectivity index (χ2v) is 26.2. The van der Waals surface area contributed by atoms with Crippen molar-refractivity contribution in [2.75, 3.05) is 12.3 Å². The van der Waals surface area contributed by atoms with Crippen molar-refractivity contribution in [2.24, 2.45) is 11.8 Å². The normalized spacial score (nSPS) is 20.2. The molecule has 0 spiro atoms. The number of carboxylic acids is 2. The summed E-state index contributed by atoms with van der Waals surface area (Å²) in [5.41, 5.74) is 6.58. The van der Waals surface area contributed by atoms with E-state index in [2.05, 4.69) is 132 Å². The van der Waals surface area contributed by atoms with Crippen LogP contribution in [0.2, 0.25) is 0 Å². The maximum atomic E-state index is 10.5. The minimum Gasteiger partial charge on any atom is -0.542 e. The Bertz CT molecular complexity index is 1300. The summed E-state index contributed by atoms with van der Waals surface area (Å²) >= 11 is 0. The molecule has 2 aromatic rings. The topological polar surface area (TPSA) is 80.3 Å². The Morgan fingerprint density at radius 2 is 0.686 bits per heavy atom. The first-order valence-corrected chi connectivity index (χ1v) is 20.2. The second kappa shape index (κ2) is 16.9. The summed E-state index contributed by atoms with van der Waals surface area (Å²) in [6.07, 6.45) is -7.54. The Hall–Kier alpha value is -1.52. The Morgan fingerprint density at radius 1 is 0.510 bits per heavy atom. The Morgan fingerprint density at radius 3 is 0.824 bits per heavy atom. The molecule has 3 aliphatic carbocycles. The molecule has 0 heterocycles. The molecule has 4 nitrogen and oxygen atoms in total. The van der Waals surface area contributed by atoms with Crippen molar-refractivity contribution in [3.05, 3.63) is 70.8 Å². The summed E-state index contributed by atoms with van der Waals surface area (Å²) in [6, 6.07) is 19.1. The minimum absolute atomic E-state index is 0. The van der Waals surface area contributed by atoms with Crippen molar-refractivity contribution >= 4 is 27.8 Å². The molecule has 5 rings (SSSR count). The van der Waals surface area contributed by atoms with Gasteiger partial charge in [0.15, 0.2) is 0 Å². The van der Waals surface area contributed by atoms with Gasteiger partial charge in [-0.15, -0.1) is 0 Å². The zero-order valence-corrected chi connectivity index (χ0v) is 35.1. The number of alkyl halides is 6. The number of rotatable bonds is 4. The van der Waals surface area contributed by atoms with Crippen molar-refractivity contribution in [2.45, 2.75) is 128 Å². The van der Waals surface area contributed by atoms with Crippen LogP contribution in [-0.4, -0.2) is 57.2 Å². The number of benzene rings is 2. The molecule has 2 aromatic carbocycles. The summed E-state index contributed by atoms with van der Waals surface area (Å²) in [6.45, 7) is 30.4. The van der Waals surface area contributed by atoms with Gasteiger partial charge in [0.1, 0.15) is 11.9 Å². The molecular weight excluding hydrogens is 803 g/mol. The number of hydrogen-bond acceptors (Lipinski definition) is 4. The van der Waals surface area contributed by atoms with Gasteiger partial charge in [-0.3, -0.25) is 0 Å².